The van der Waals surface area contributed by atoms with E-state index in [1.54, 1.807) is 25.1 Å². The van der Waals surface area contributed by atoms with Crippen molar-refractivity contribution >= 4 is 29.3 Å². The third-order valence-electron chi connectivity index (χ3n) is 7.96. The first kappa shape index (κ1) is 32.3. The zero-order valence-corrected chi connectivity index (χ0v) is 24.8. The average molecular weight is 614 g/mol. The molecule has 2 aliphatic rings. The van der Waals surface area contributed by atoms with Crippen LogP contribution in [-0.2, 0) is 19.8 Å². The van der Waals surface area contributed by atoms with Crippen LogP contribution in [0.5, 0.6) is 5.75 Å². The highest BCUT2D eigenvalue weighted by Crippen LogP contribution is 2.46. The molecular weight excluding hydrogens is 579 g/mol. The number of nitrogens with zero attached hydrogens (tertiary/aromatic N) is 3. The summed E-state index contributed by atoms with van der Waals surface area (Å²) < 4.78 is 41.2. The van der Waals surface area contributed by atoms with E-state index in [0.717, 1.165) is 29.8 Å². The Morgan fingerprint density at radius 3 is 2.41 bits per heavy atom. The maximum absolute atomic E-state index is 14.2. The number of likely N-dealkylation sites (N-methyl/N-ethyl adjacent to an activating group) is 1. The van der Waals surface area contributed by atoms with Gasteiger partial charge < -0.3 is 25.2 Å². The van der Waals surface area contributed by atoms with Gasteiger partial charge in [-0.2, -0.15) is 5.26 Å². The summed E-state index contributed by atoms with van der Waals surface area (Å²) in [6, 6.07) is 10.6. The molecule has 0 aliphatic carbocycles. The fourth-order valence-corrected chi connectivity index (χ4v) is 5.91. The first-order valence-electron chi connectivity index (χ1n) is 14.3. The van der Waals surface area contributed by atoms with E-state index >= 15 is 0 Å². The van der Waals surface area contributed by atoms with Gasteiger partial charge in [0.1, 0.15) is 23.9 Å². The molecule has 13 heteroatoms. The van der Waals surface area contributed by atoms with Crippen LogP contribution >= 0.6 is 0 Å². The number of anilines is 1. The SMILES string of the molecule is CCN(C(=O)[C@H](C)NC(=O)c1ccc(OC(F)(F)F)cc1)[C@@H](CC(C)C)C(=O)N1C[C@]2(C[C@H]1C#N)C(=O)Nc1ccccc12. The maximum atomic E-state index is 14.2. The number of carbonyl (C=O) groups is 4. The molecule has 0 aromatic heterocycles. The van der Waals surface area contributed by atoms with Gasteiger partial charge in [0.25, 0.3) is 5.91 Å². The number of para-hydroxylation sites is 1. The molecule has 2 aliphatic heterocycles. The second kappa shape index (κ2) is 12.6. The molecule has 1 spiro atoms. The average Bonchev–Trinajstić information content (AvgIpc) is 3.49. The smallest absolute Gasteiger partial charge is 0.406 e. The van der Waals surface area contributed by atoms with Crippen LogP contribution in [0.4, 0.5) is 18.9 Å². The monoisotopic (exact) mass is 613 g/mol. The number of ether oxygens (including phenoxy) is 1. The Morgan fingerprint density at radius 1 is 1.16 bits per heavy atom. The number of hydrogen-bond acceptors (Lipinski definition) is 6. The molecule has 0 bridgehead atoms. The summed E-state index contributed by atoms with van der Waals surface area (Å²) in [4.78, 5) is 56.6. The van der Waals surface area contributed by atoms with Gasteiger partial charge in [-0.25, -0.2) is 0 Å². The minimum Gasteiger partial charge on any atom is -0.406 e. The topological polar surface area (TPSA) is 132 Å². The van der Waals surface area contributed by atoms with E-state index < -0.39 is 53.4 Å². The fourth-order valence-electron chi connectivity index (χ4n) is 5.91. The van der Waals surface area contributed by atoms with Gasteiger partial charge in [-0.05, 0) is 62.1 Å². The molecule has 44 heavy (non-hydrogen) atoms. The minimum atomic E-state index is -4.88. The van der Waals surface area contributed by atoms with Crippen molar-refractivity contribution in [1.82, 2.24) is 15.1 Å². The Balaban J connectivity index is 1.53. The first-order chi connectivity index (χ1) is 20.7. The van der Waals surface area contributed by atoms with Gasteiger partial charge >= 0.3 is 6.36 Å². The van der Waals surface area contributed by atoms with Crippen LogP contribution in [0.25, 0.3) is 0 Å². The van der Waals surface area contributed by atoms with E-state index in [4.69, 9.17) is 0 Å². The lowest BCUT2D eigenvalue weighted by atomic mass is 9.80. The molecule has 4 amide bonds. The molecule has 0 saturated carbocycles. The Hall–Kier alpha value is -4.60. The van der Waals surface area contributed by atoms with Gasteiger partial charge in [0, 0.05) is 30.8 Å². The van der Waals surface area contributed by atoms with Gasteiger partial charge in [0.05, 0.1) is 11.5 Å². The van der Waals surface area contributed by atoms with Gasteiger partial charge in [-0.15, -0.1) is 13.2 Å². The van der Waals surface area contributed by atoms with Crippen LogP contribution in [0.3, 0.4) is 0 Å². The number of rotatable bonds is 9. The lowest BCUT2D eigenvalue weighted by Crippen LogP contribution is -2.57. The normalized spacial score (nSPS) is 20.5. The largest absolute Gasteiger partial charge is 0.573 e. The minimum absolute atomic E-state index is 0.00591. The summed E-state index contributed by atoms with van der Waals surface area (Å²) in [5.41, 5.74) is 0.280. The number of carbonyl (C=O) groups excluding carboxylic acids is 4. The van der Waals surface area contributed by atoms with Gasteiger partial charge in [0.15, 0.2) is 0 Å². The van der Waals surface area contributed by atoms with E-state index in [2.05, 4.69) is 21.4 Å². The number of nitriles is 1. The van der Waals surface area contributed by atoms with Crippen LogP contribution in [0.15, 0.2) is 48.5 Å². The number of nitrogens with one attached hydrogen (secondary N) is 2. The summed E-state index contributed by atoms with van der Waals surface area (Å²) in [6.45, 7) is 7.02. The third kappa shape index (κ3) is 6.49. The molecule has 1 saturated heterocycles. The molecule has 1 fully saturated rings. The van der Waals surface area contributed by atoms with Gasteiger partial charge in [-0.1, -0.05) is 32.0 Å². The molecule has 0 radical (unpaired) electrons. The number of hydrogen-bond donors (Lipinski definition) is 2. The number of benzene rings is 2. The molecule has 2 heterocycles. The lowest BCUT2D eigenvalue weighted by molar-refractivity contribution is -0.274. The van der Waals surface area contributed by atoms with Crippen molar-refractivity contribution in [3.8, 4) is 11.8 Å². The number of amides is 4. The highest BCUT2D eigenvalue weighted by molar-refractivity contribution is 6.07. The van der Waals surface area contributed by atoms with Crippen molar-refractivity contribution in [3.05, 3.63) is 59.7 Å². The molecule has 2 aromatic carbocycles. The van der Waals surface area contributed by atoms with Crippen molar-refractivity contribution in [3.63, 3.8) is 0 Å². The maximum Gasteiger partial charge on any atom is 0.573 e. The quantitative estimate of drug-likeness (QED) is 0.440. The Bertz CT molecular complexity index is 1470. The van der Waals surface area contributed by atoms with E-state index in [-0.39, 0.29) is 43.3 Å². The number of alkyl halides is 3. The van der Waals surface area contributed by atoms with E-state index in [0.29, 0.717) is 5.69 Å². The molecule has 2 N–H and O–H groups in total. The Morgan fingerprint density at radius 2 is 1.82 bits per heavy atom. The summed E-state index contributed by atoms with van der Waals surface area (Å²) in [5.74, 6) is -2.53. The van der Waals surface area contributed by atoms with Crippen LogP contribution in [-0.4, -0.2) is 71.0 Å². The zero-order valence-electron chi connectivity index (χ0n) is 24.8. The van der Waals surface area contributed by atoms with Gasteiger partial charge in [0.2, 0.25) is 17.7 Å². The molecule has 2 aromatic rings. The highest BCUT2D eigenvalue weighted by Gasteiger charge is 2.56. The van der Waals surface area contributed by atoms with Gasteiger partial charge in [-0.3, -0.25) is 19.2 Å². The van der Waals surface area contributed by atoms with Crippen LogP contribution in [0.2, 0.25) is 0 Å². The number of likely N-dealkylation sites (tertiary alicyclic amines) is 1. The standard InChI is InChI=1S/C31H34F3N5O5/c1-5-38(27(41)19(4)36-26(40)20-10-12-22(13-11-20)44-31(32,33)34)25(14-18(2)3)28(42)39-17-30(15-21(39)16-35)23-8-6-7-9-24(23)37-29(30)43/h6-13,18-19,21,25H,5,14-15,17H2,1-4H3,(H,36,40)(H,37,43)/t19-,21-,25-,30-/m0/s1. The Kier molecular flexibility index (Phi) is 9.22. The lowest BCUT2D eigenvalue weighted by Gasteiger charge is -2.36. The second-order valence-corrected chi connectivity index (χ2v) is 11.4. The molecule has 4 rings (SSSR count). The molecular formula is C31H34F3N5O5. The first-order valence-corrected chi connectivity index (χ1v) is 14.3. The molecule has 234 valence electrons. The Labute approximate surface area is 253 Å². The van der Waals surface area contributed by atoms with Crippen molar-refractivity contribution in [2.45, 2.75) is 70.4 Å². The summed E-state index contributed by atoms with van der Waals surface area (Å²) in [6.07, 6.45) is -4.49. The van der Waals surface area contributed by atoms with Crippen LogP contribution in [0, 0.1) is 17.2 Å². The van der Waals surface area contributed by atoms with E-state index in [9.17, 15) is 37.6 Å². The third-order valence-corrected chi connectivity index (χ3v) is 7.96. The molecule has 0 unspecified atom stereocenters. The van der Waals surface area contributed by atoms with E-state index in [1.807, 2.05) is 19.9 Å². The summed E-state index contributed by atoms with van der Waals surface area (Å²) in [7, 11) is 0. The fraction of sp³-hybridized carbons (Fsp3) is 0.452. The second-order valence-electron chi connectivity index (χ2n) is 11.4. The highest BCUT2D eigenvalue weighted by atomic mass is 19.4. The van der Waals surface area contributed by atoms with Crippen molar-refractivity contribution < 1.29 is 37.1 Å². The summed E-state index contributed by atoms with van der Waals surface area (Å²) in [5, 5.41) is 15.4. The number of fused-ring (bicyclic) bond motifs is 2. The predicted molar refractivity (Wildman–Crippen MR) is 153 cm³/mol. The van der Waals surface area contributed by atoms with E-state index in [1.165, 1.54) is 16.7 Å². The molecule has 10 nitrogen and oxygen atoms in total. The number of halogens is 3. The summed E-state index contributed by atoms with van der Waals surface area (Å²) >= 11 is 0. The van der Waals surface area contributed by atoms with Crippen LogP contribution in [0.1, 0.15) is 56.5 Å². The van der Waals surface area contributed by atoms with Crippen LogP contribution < -0.4 is 15.4 Å². The van der Waals surface area contributed by atoms with Crippen molar-refractivity contribution in [2.75, 3.05) is 18.4 Å². The predicted octanol–water partition coefficient (Wildman–Crippen LogP) is 3.98. The zero-order chi connectivity index (χ0) is 32.4. The molecule has 4 atom stereocenters. The van der Waals surface area contributed by atoms with Crippen molar-refractivity contribution in [1.29, 1.82) is 5.26 Å². The van der Waals surface area contributed by atoms with Crippen molar-refractivity contribution in [2.24, 2.45) is 5.92 Å².